The highest BCUT2D eigenvalue weighted by molar-refractivity contribution is 5.97. The number of esters is 1. The summed E-state index contributed by atoms with van der Waals surface area (Å²) in [6.45, 7) is 2.22. The zero-order valence-corrected chi connectivity index (χ0v) is 10.5. The molecule has 0 spiro atoms. The van der Waals surface area contributed by atoms with Crippen LogP contribution in [0.1, 0.15) is 24.1 Å². The number of aryl methyl sites for hydroxylation is 1. The first-order valence-electron chi connectivity index (χ1n) is 6.25. The number of benzene rings is 1. The van der Waals surface area contributed by atoms with Crippen LogP contribution in [0.15, 0.2) is 35.5 Å². The number of amides is 2. The van der Waals surface area contributed by atoms with Crippen molar-refractivity contribution in [3.63, 3.8) is 0 Å². The van der Waals surface area contributed by atoms with E-state index in [2.05, 4.69) is 17.6 Å². The zero-order chi connectivity index (χ0) is 13.4. The molecule has 0 radical (unpaired) electrons. The van der Waals surface area contributed by atoms with E-state index in [0.717, 1.165) is 12.0 Å². The van der Waals surface area contributed by atoms with Crippen LogP contribution in [-0.2, 0) is 16.0 Å². The van der Waals surface area contributed by atoms with Gasteiger partial charge in [0.1, 0.15) is 6.61 Å². The van der Waals surface area contributed by atoms with Gasteiger partial charge in [0.25, 0.3) is 0 Å². The van der Waals surface area contributed by atoms with E-state index in [1.165, 1.54) is 5.56 Å². The molecule has 2 N–H and O–H groups in total. The topological polar surface area (TPSA) is 67.4 Å². The lowest BCUT2D eigenvalue weighted by Gasteiger charge is -2.24. The Morgan fingerprint density at radius 1 is 1.26 bits per heavy atom. The van der Waals surface area contributed by atoms with Gasteiger partial charge < -0.3 is 15.4 Å². The third kappa shape index (κ3) is 1.97. The zero-order valence-electron chi connectivity index (χ0n) is 10.5. The Bertz CT molecular complexity index is 575. The molecule has 2 aliphatic rings. The number of carbonyl (C=O) groups excluding carboxylic acids is 2. The Morgan fingerprint density at radius 3 is 2.68 bits per heavy atom. The van der Waals surface area contributed by atoms with Crippen LogP contribution in [0.2, 0.25) is 0 Å². The summed E-state index contributed by atoms with van der Waals surface area (Å²) in [5.41, 5.74) is 3.17. The number of nitrogens with one attached hydrogen (secondary N) is 2. The van der Waals surface area contributed by atoms with E-state index in [1.807, 2.05) is 24.3 Å². The van der Waals surface area contributed by atoms with Crippen molar-refractivity contribution in [1.29, 1.82) is 0 Å². The molecule has 2 aliphatic heterocycles. The van der Waals surface area contributed by atoms with Crippen LogP contribution >= 0.6 is 0 Å². The number of ether oxygens (including phenoxy) is 1. The van der Waals surface area contributed by atoms with Crippen LogP contribution in [0, 0.1) is 0 Å². The minimum atomic E-state index is -0.426. The summed E-state index contributed by atoms with van der Waals surface area (Å²) in [6, 6.07) is 7.15. The van der Waals surface area contributed by atoms with Crippen molar-refractivity contribution in [2.24, 2.45) is 0 Å². The summed E-state index contributed by atoms with van der Waals surface area (Å²) in [4.78, 5) is 23.3. The lowest BCUT2D eigenvalue weighted by atomic mass is 9.95. The summed E-state index contributed by atoms with van der Waals surface area (Å²) in [5, 5.41) is 5.38. The SMILES string of the molecule is CCc1ccc([C@@H]2NC(=O)NC3=C2C(=O)OC3)cc1. The van der Waals surface area contributed by atoms with E-state index in [4.69, 9.17) is 4.74 Å². The van der Waals surface area contributed by atoms with Gasteiger partial charge in [-0.25, -0.2) is 9.59 Å². The average molecular weight is 258 g/mol. The van der Waals surface area contributed by atoms with Crippen LogP contribution in [0.5, 0.6) is 0 Å². The van der Waals surface area contributed by atoms with Crippen LogP contribution in [-0.4, -0.2) is 18.6 Å². The van der Waals surface area contributed by atoms with Gasteiger partial charge in [0.15, 0.2) is 0 Å². The van der Waals surface area contributed by atoms with Crippen LogP contribution in [0.25, 0.3) is 0 Å². The minimum absolute atomic E-state index is 0.144. The molecule has 0 fully saturated rings. The lowest BCUT2D eigenvalue weighted by molar-refractivity contribution is -0.136. The van der Waals surface area contributed by atoms with Crippen molar-refractivity contribution in [1.82, 2.24) is 10.6 Å². The third-order valence-electron chi connectivity index (χ3n) is 3.44. The normalized spacial score (nSPS) is 21.6. The molecule has 2 amide bonds. The van der Waals surface area contributed by atoms with Crippen molar-refractivity contribution >= 4 is 12.0 Å². The second-order valence-corrected chi connectivity index (χ2v) is 4.59. The number of hydrogen-bond donors (Lipinski definition) is 2. The number of cyclic esters (lactones) is 1. The molecule has 3 rings (SSSR count). The Labute approximate surface area is 110 Å². The Kier molecular flexibility index (Phi) is 2.74. The van der Waals surface area contributed by atoms with Gasteiger partial charge in [-0.1, -0.05) is 31.2 Å². The molecule has 1 aromatic rings. The number of carbonyl (C=O) groups is 2. The highest BCUT2D eigenvalue weighted by Crippen LogP contribution is 2.31. The van der Waals surface area contributed by atoms with Crippen molar-refractivity contribution in [3.05, 3.63) is 46.7 Å². The predicted octanol–water partition coefficient (Wildman–Crippen LogP) is 1.41. The first-order valence-corrected chi connectivity index (χ1v) is 6.25. The Balaban J connectivity index is 1.99. The summed E-state index contributed by atoms with van der Waals surface area (Å²) in [6.07, 6.45) is 0.953. The third-order valence-corrected chi connectivity index (χ3v) is 3.44. The molecule has 98 valence electrons. The number of rotatable bonds is 2. The van der Waals surface area contributed by atoms with Crippen molar-refractivity contribution in [2.45, 2.75) is 19.4 Å². The van der Waals surface area contributed by atoms with E-state index in [-0.39, 0.29) is 18.6 Å². The molecule has 0 aromatic heterocycles. The molecule has 0 unspecified atom stereocenters. The van der Waals surface area contributed by atoms with E-state index in [1.54, 1.807) is 0 Å². The Morgan fingerprint density at radius 2 is 2.00 bits per heavy atom. The molecule has 0 saturated carbocycles. The minimum Gasteiger partial charge on any atom is -0.456 e. The second kappa shape index (κ2) is 4.42. The molecule has 5 heteroatoms. The maximum atomic E-state index is 11.8. The standard InChI is InChI=1S/C14H14N2O3/c1-2-8-3-5-9(6-4-8)12-11-10(7-19-13(11)17)15-14(18)16-12/h3-6,12H,2,7H2,1H3,(H2,15,16,18)/t12-/m0/s1. The van der Waals surface area contributed by atoms with Gasteiger partial charge in [0, 0.05) is 0 Å². The van der Waals surface area contributed by atoms with E-state index in [0.29, 0.717) is 11.3 Å². The fraction of sp³-hybridized carbons (Fsp3) is 0.286. The maximum Gasteiger partial charge on any atom is 0.338 e. The second-order valence-electron chi connectivity index (χ2n) is 4.59. The van der Waals surface area contributed by atoms with Crippen molar-refractivity contribution in [2.75, 3.05) is 6.61 Å². The summed E-state index contributed by atoms with van der Waals surface area (Å²) in [7, 11) is 0. The van der Waals surface area contributed by atoms with Gasteiger partial charge in [-0.15, -0.1) is 0 Å². The average Bonchev–Trinajstić information content (AvgIpc) is 2.79. The molecule has 19 heavy (non-hydrogen) atoms. The highest BCUT2D eigenvalue weighted by atomic mass is 16.5. The molecular weight excluding hydrogens is 244 g/mol. The monoisotopic (exact) mass is 258 g/mol. The van der Waals surface area contributed by atoms with Crippen LogP contribution in [0.3, 0.4) is 0 Å². The van der Waals surface area contributed by atoms with Crippen LogP contribution in [0.4, 0.5) is 4.79 Å². The summed E-state index contributed by atoms with van der Waals surface area (Å²) < 4.78 is 4.98. The van der Waals surface area contributed by atoms with E-state index < -0.39 is 6.04 Å². The van der Waals surface area contributed by atoms with Gasteiger partial charge in [-0.3, -0.25) is 0 Å². The largest absolute Gasteiger partial charge is 0.456 e. The van der Waals surface area contributed by atoms with Gasteiger partial charge in [-0.05, 0) is 17.5 Å². The molecule has 0 aliphatic carbocycles. The predicted molar refractivity (Wildman–Crippen MR) is 68.2 cm³/mol. The summed E-state index contributed by atoms with van der Waals surface area (Å²) in [5.74, 6) is -0.368. The van der Waals surface area contributed by atoms with E-state index in [9.17, 15) is 9.59 Å². The number of urea groups is 1. The fourth-order valence-corrected chi connectivity index (χ4v) is 2.38. The van der Waals surface area contributed by atoms with Crippen LogP contribution < -0.4 is 10.6 Å². The molecule has 0 bridgehead atoms. The Hall–Kier alpha value is -2.30. The molecular formula is C14H14N2O3. The smallest absolute Gasteiger partial charge is 0.338 e. The molecule has 2 heterocycles. The van der Waals surface area contributed by atoms with Gasteiger partial charge >= 0.3 is 12.0 Å². The molecule has 0 saturated heterocycles. The molecule has 1 atom stereocenters. The summed E-state index contributed by atoms with van der Waals surface area (Å²) >= 11 is 0. The number of hydrogen-bond acceptors (Lipinski definition) is 3. The first kappa shape index (κ1) is 11.8. The molecule has 5 nitrogen and oxygen atoms in total. The van der Waals surface area contributed by atoms with Crippen molar-refractivity contribution < 1.29 is 14.3 Å². The molecule has 1 aromatic carbocycles. The maximum absolute atomic E-state index is 11.8. The van der Waals surface area contributed by atoms with Gasteiger partial charge in [0.05, 0.1) is 17.3 Å². The highest BCUT2D eigenvalue weighted by Gasteiger charge is 2.37. The van der Waals surface area contributed by atoms with Gasteiger partial charge in [-0.2, -0.15) is 0 Å². The van der Waals surface area contributed by atoms with E-state index >= 15 is 0 Å². The fourth-order valence-electron chi connectivity index (χ4n) is 2.38. The quantitative estimate of drug-likeness (QED) is 0.788. The first-order chi connectivity index (χ1) is 9.19. The lowest BCUT2D eigenvalue weighted by Crippen LogP contribution is -2.44. The van der Waals surface area contributed by atoms with Gasteiger partial charge in [0.2, 0.25) is 0 Å². The van der Waals surface area contributed by atoms with Crippen molar-refractivity contribution in [3.8, 4) is 0 Å².